The maximum absolute atomic E-state index is 12.3. The number of carbonyl (C=O) groups is 4. The molecule has 0 spiro atoms. The first kappa shape index (κ1) is 29.4. The smallest absolute Gasteiger partial charge is 0.326 e. The van der Waals surface area contributed by atoms with Crippen LogP contribution in [-0.2, 0) is 19.2 Å². The summed E-state index contributed by atoms with van der Waals surface area (Å²) >= 11 is 0. The number of guanidine groups is 2. The summed E-state index contributed by atoms with van der Waals surface area (Å²) in [6, 6.07) is -4.08. The Morgan fingerprint density at radius 3 is 1.64 bits per heavy atom. The first-order chi connectivity index (χ1) is 15.3. The predicted molar refractivity (Wildman–Crippen MR) is 123 cm³/mol. The van der Waals surface area contributed by atoms with E-state index >= 15 is 0 Å². The fourth-order valence-electron chi connectivity index (χ4n) is 2.50. The van der Waals surface area contributed by atoms with Crippen LogP contribution in [0.15, 0.2) is 9.98 Å². The van der Waals surface area contributed by atoms with Gasteiger partial charge >= 0.3 is 5.97 Å². The topological polar surface area (TPSA) is 279 Å². The van der Waals surface area contributed by atoms with E-state index in [0.717, 1.165) is 0 Å². The highest BCUT2D eigenvalue weighted by atomic mass is 16.4. The van der Waals surface area contributed by atoms with E-state index in [4.69, 9.17) is 28.7 Å². The van der Waals surface area contributed by atoms with E-state index in [0.29, 0.717) is 25.8 Å². The summed E-state index contributed by atoms with van der Waals surface area (Å²) < 4.78 is 0. The number of rotatable bonds is 15. The molecule has 0 aromatic rings. The minimum atomic E-state index is -1.24. The van der Waals surface area contributed by atoms with Crippen molar-refractivity contribution >= 4 is 35.6 Å². The van der Waals surface area contributed by atoms with Crippen molar-refractivity contribution in [1.82, 2.24) is 16.0 Å². The Bertz CT molecular complexity index is 734. The summed E-state index contributed by atoms with van der Waals surface area (Å²) in [6.07, 6.45) is 1.19. The normalized spacial score (nSPS) is 14.0. The van der Waals surface area contributed by atoms with E-state index in [1.54, 1.807) is 0 Å². The zero-order valence-corrected chi connectivity index (χ0v) is 18.9. The van der Waals surface area contributed by atoms with Crippen LogP contribution in [0.4, 0.5) is 0 Å². The highest BCUT2D eigenvalue weighted by molar-refractivity contribution is 5.93. The lowest BCUT2D eigenvalue weighted by molar-refractivity contribution is -0.142. The van der Waals surface area contributed by atoms with E-state index in [1.165, 1.54) is 13.8 Å². The molecule has 14 N–H and O–H groups in total. The largest absolute Gasteiger partial charge is 0.480 e. The van der Waals surface area contributed by atoms with Crippen LogP contribution < -0.4 is 44.6 Å². The van der Waals surface area contributed by atoms with Crippen molar-refractivity contribution in [1.29, 1.82) is 0 Å². The summed E-state index contributed by atoms with van der Waals surface area (Å²) in [5.74, 6) is -3.30. The third kappa shape index (κ3) is 13.4. The number of nitrogens with one attached hydrogen (secondary N) is 3. The van der Waals surface area contributed by atoms with E-state index in [2.05, 4.69) is 25.9 Å². The van der Waals surface area contributed by atoms with Crippen molar-refractivity contribution in [3.63, 3.8) is 0 Å². The Morgan fingerprint density at radius 1 is 0.758 bits per heavy atom. The Labute approximate surface area is 192 Å². The molecule has 15 heteroatoms. The number of aliphatic carboxylic acids is 1. The molecule has 188 valence electrons. The minimum absolute atomic E-state index is 0.0582. The average Bonchev–Trinajstić information content (AvgIpc) is 2.72. The molecule has 0 aromatic carbocycles. The van der Waals surface area contributed by atoms with Gasteiger partial charge in [0.1, 0.15) is 18.1 Å². The number of aliphatic imine (C=N–C) groups is 2. The molecule has 0 saturated carbocycles. The molecule has 0 saturated heterocycles. The van der Waals surface area contributed by atoms with Gasteiger partial charge in [-0.2, -0.15) is 0 Å². The van der Waals surface area contributed by atoms with Gasteiger partial charge in [0.15, 0.2) is 11.9 Å². The van der Waals surface area contributed by atoms with Crippen molar-refractivity contribution in [2.24, 2.45) is 38.7 Å². The second-order valence-corrected chi connectivity index (χ2v) is 7.36. The van der Waals surface area contributed by atoms with Crippen molar-refractivity contribution in [3.8, 4) is 0 Å². The summed E-state index contributed by atoms with van der Waals surface area (Å²) in [6.45, 7) is 3.34. The Hall–Kier alpha value is -3.62. The zero-order valence-electron chi connectivity index (χ0n) is 18.9. The van der Waals surface area contributed by atoms with Gasteiger partial charge in [-0.15, -0.1) is 0 Å². The lowest BCUT2D eigenvalue weighted by Gasteiger charge is -2.21. The van der Waals surface area contributed by atoms with Crippen LogP contribution >= 0.6 is 0 Å². The maximum Gasteiger partial charge on any atom is 0.326 e. The summed E-state index contributed by atoms with van der Waals surface area (Å²) in [4.78, 5) is 55.6. The Kier molecular flexibility index (Phi) is 13.6. The molecule has 0 aliphatic rings. The second kappa shape index (κ2) is 15.2. The van der Waals surface area contributed by atoms with Gasteiger partial charge in [0.2, 0.25) is 17.7 Å². The molecule has 33 heavy (non-hydrogen) atoms. The van der Waals surface area contributed by atoms with Crippen LogP contribution in [0, 0.1) is 0 Å². The number of hydrogen-bond donors (Lipinski definition) is 9. The highest BCUT2D eigenvalue weighted by Crippen LogP contribution is 2.00. The van der Waals surface area contributed by atoms with Gasteiger partial charge in [-0.1, -0.05) is 0 Å². The number of hydrogen-bond acceptors (Lipinski definition) is 7. The SMILES string of the molecule is C[C@H](NC(=O)[C@H](C)NC(=O)[C@@H](N)CCCN=C(N)N)C(=O)N[C@@H](CCCN=C(N)N)C(=O)O. The third-order valence-electron chi connectivity index (χ3n) is 4.37. The molecule has 0 radical (unpaired) electrons. The number of nitrogens with zero attached hydrogens (tertiary/aromatic N) is 2. The van der Waals surface area contributed by atoms with Crippen molar-refractivity contribution < 1.29 is 24.3 Å². The Balaban J connectivity index is 4.57. The number of carboxylic acid groups (broad SMARTS) is 1. The predicted octanol–water partition coefficient (Wildman–Crippen LogP) is -4.00. The molecular formula is C18H36N10O5. The molecule has 0 unspecified atom stereocenters. The first-order valence-corrected chi connectivity index (χ1v) is 10.3. The van der Waals surface area contributed by atoms with Gasteiger partial charge < -0.3 is 49.7 Å². The molecule has 0 bridgehead atoms. The summed E-state index contributed by atoms with van der Waals surface area (Å²) in [5.41, 5.74) is 26.6. The number of nitrogens with two attached hydrogens (primary N) is 5. The lowest BCUT2D eigenvalue weighted by Crippen LogP contribution is -2.55. The highest BCUT2D eigenvalue weighted by Gasteiger charge is 2.26. The maximum atomic E-state index is 12.3. The van der Waals surface area contributed by atoms with Crippen LogP contribution in [0.5, 0.6) is 0 Å². The van der Waals surface area contributed by atoms with E-state index in [-0.39, 0.29) is 24.9 Å². The average molecular weight is 473 g/mol. The molecule has 3 amide bonds. The summed E-state index contributed by atoms with van der Waals surface area (Å²) in [5, 5.41) is 16.5. The van der Waals surface area contributed by atoms with E-state index < -0.39 is 47.9 Å². The van der Waals surface area contributed by atoms with Gasteiger partial charge in [-0.25, -0.2) is 4.79 Å². The number of carboxylic acids is 1. The van der Waals surface area contributed by atoms with Crippen LogP contribution in [-0.4, -0.2) is 78.0 Å². The van der Waals surface area contributed by atoms with Gasteiger partial charge in [0.05, 0.1) is 6.04 Å². The molecule has 0 aliphatic carbocycles. The molecule has 0 aromatic heterocycles. The molecule has 0 aliphatic heterocycles. The second-order valence-electron chi connectivity index (χ2n) is 7.36. The quantitative estimate of drug-likeness (QED) is 0.0632. The van der Waals surface area contributed by atoms with E-state index in [9.17, 15) is 24.3 Å². The van der Waals surface area contributed by atoms with Gasteiger partial charge in [0, 0.05) is 13.1 Å². The minimum Gasteiger partial charge on any atom is -0.480 e. The monoisotopic (exact) mass is 472 g/mol. The molecule has 0 rings (SSSR count). The molecule has 0 fully saturated rings. The standard InChI is InChI=1S/C18H36N10O5/c1-9(27-15(31)11(19)5-3-7-24-17(20)21)13(29)26-10(2)14(30)28-12(16(32)33)6-4-8-25-18(22)23/h9-12H,3-8,19H2,1-2H3,(H,26,29)(H,27,31)(H,28,30)(H,32,33)(H4,20,21,24)(H4,22,23,25)/t9-,10-,11-,12-/m0/s1. The first-order valence-electron chi connectivity index (χ1n) is 10.3. The molecule has 15 nitrogen and oxygen atoms in total. The third-order valence-corrected chi connectivity index (χ3v) is 4.37. The zero-order chi connectivity index (χ0) is 25.6. The van der Waals surface area contributed by atoms with Crippen LogP contribution in [0.2, 0.25) is 0 Å². The Morgan fingerprint density at radius 2 is 1.18 bits per heavy atom. The van der Waals surface area contributed by atoms with Crippen LogP contribution in [0.3, 0.4) is 0 Å². The number of amides is 3. The number of carbonyl (C=O) groups excluding carboxylic acids is 3. The fourth-order valence-corrected chi connectivity index (χ4v) is 2.50. The lowest BCUT2D eigenvalue weighted by atomic mass is 10.1. The van der Waals surface area contributed by atoms with Crippen LogP contribution in [0.1, 0.15) is 39.5 Å². The fraction of sp³-hybridized carbons (Fsp3) is 0.667. The summed E-state index contributed by atoms with van der Waals surface area (Å²) in [7, 11) is 0. The van der Waals surface area contributed by atoms with Crippen LogP contribution in [0.25, 0.3) is 0 Å². The molecular weight excluding hydrogens is 436 g/mol. The molecule has 4 atom stereocenters. The van der Waals surface area contributed by atoms with Gasteiger partial charge in [-0.3, -0.25) is 24.4 Å². The molecule has 0 heterocycles. The van der Waals surface area contributed by atoms with Gasteiger partial charge in [-0.05, 0) is 39.5 Å². The van der Waals surface area contributed by atoms with Crippen molar-refractivity contribution in [3.05, 3.63) is 0 Å². The van der Waals surface area contributed by atoms with Crippen molar-refractivity contribution in [2.75, 3.05) is 13.1 Å². The van der Waals surface area contributed by atoms with E-state index in [1.807, 2.05) is 0 Å². The van der Waals surface area contributed by atoms with Gasteiger partial charge in [0.25, 0.3) is 0 Å². The van der Waals surface area contributed by atoms with Crippen molar-refractivity contribution in [2.45, 2.75) is 63.7 Å².